The zero-order valence-corrected chi connectivity index (χ0v) is 13.9. The van der Waals surface area contributed by atoms with Gasteiger partial charge in [0, 0.05) is 17.5 Å². The van der Waals surface area contributed by atoms with Gasteiger partial charge in [0.05, 0.1) is 16.7 Å². The van der Waals surface area contributed by atoms with Gasteiger partial charge in [0.2, 0.25) is 0 Å². The maximum atomic E-state index is 13.4. The average Bonchev–Trinajstić information content (AvgIpc) is 2.39. The zero-order chi connectivity index (χ0) is 15.6. The predicted octanol–water partition coefficient (Wildman–Crippen LogP) is 4.11. The lowest BCUT2D eigenvalue weighted by molar-refractivity contribution is 0.0944. The highest BCUT2D eigenvalue weighted by molar-refractivity contribution is 6.42. The zero-order valence-electron chi connectivity index (χ0n) is 12.4. The molecule has 0 radical (unpaired) electrons. The van der Waals surface area contributed by atoms with E-state index < -0.39 is 6.17 Å². The summed E-state index contributed by atoms with van der Waals surface area (Å²) in [6.07, 6.45) is 2.04. The van der Waals surface area contributed by atoms with Crippen LogP contribution in [0.3, 0.4) is 0 Å². The van der Waals surface area contributed by atoms with E-state index in [9.17, 15) is 9.50 Å². The van der Waals surface area contributed by atoms with Crippen LogP contribution in [0.5, 0.6) is 0 Å². The van der Waals surface area contributed by atoms with Crippen molar-refractivity contribution in [3.05, 3.63) is 33.8 Å². The molecule has 1 saturated carbocycles. The van der Waals surface area contributed by atoms with E-state index >= 15 is 0 Å². The van der Waals surface area contributed by atoms with E-state index in [2.05, 4.69) is 5.32 Å². The lowest BCUT2D eigenvalue weighted by atomic mass is 9.60. The Morgan fingerprint density at radius 2 is 1.95 bits per heavy atom. The summed E-state index contributed by atoms with van der Waals surface area (Å²) in [5, 5.41) is 14.1. The van der Waals surface area contributed by atoms with Crippen molar-refractivity contribution in [3.8, 4) is 0 Å². The molecule has 3 atom stereocenters. The molecule has 1 aliphatic carbocycles. The summed E-state index contributed by atoms with van der Waals surface area (Å²) in [6, 6.07) is 5.13. The molecule has 1 aromatic carbocycles. The molecule has 3 unspecified atom stereocenters. The Hall–Kier alpha value is -0.350. The summed E-state index contributed by atoms with van der Waals surface area (Å²) < 4.78 is 13.4. The lowest BCUT2D eigenvalue weighted by Gasteiger charge is -2.49. The van der Waals surface area contributed by atoms with Gasteiger partial charge >= 0.3 is 0 Å². The van der Waals surface area contributed by atoms with Crippen LogP contribution in [-0.2, 0) is 5.41 Å². The van der Waals surface area contributed by atoms with Crippen LogP contribution in [0.15, 0.2) is 18.2 Å². The second-order valence-electron chi connectivity index (χ2n) is 6.01. The first kappa shape index (κ1) is 17.0. The largest absolute Gasteiger partial charge is 0.395 e. The number of nitrogens with one attached hydrogen (secondary N) is 1. The Labute approximate surface area is 135 Å². The summed E-state index contributed by atoms with van der Waals surface area (Å²) in [5.74, 6) is 0. The maximum Gasteiger partial charge on any atom is 0.112 e. The summed E-state index contributed by atoms with van der Waals surface area (Å²) in [6.45, 7) is 3.30. The van der Waals surface area contributed by atoms with E-state index in [0.717, 1.165) is 24.8 Å². The standard InChI is InChI=1S/C16H22Cl2FNO/c1-10(19)11(2)20-15(9-21)16(6-3-7-16)12-4-5-13(17)14(18)8-12/h4-5,8,10-11,15,20-21H,3,6-7,9H2,1-2H3. The maximum absolute atomic E-state index is 13.4. The van der Waals surface area contributed by atoms with Gasteiger partial charge in [-0.3, -0.25) is 0 Å². The highest BCUT2D eigenvalue weighted by Gasteiger charge is 2.45. The number of aliphatic hydroxyl groups excluding tert-OH is 1. The van der Waals surface area contributed by atoms with E-state index in [0.29, 0.717) is 10.0 Å². The minimum atomic E-state index is -0.968. The smallest absolute Gasteiger partial charge is 0.112 e. The van der Waals surface area contributed by atoms with Crippen molar-refractivity contribution in [3.63, 3.8) is 0 Å². The fourth-order valence-corrected chi connectivity index (χ4v) is 3.34. The summed E-state index contributed by atoms with van der Waals surface area (Å²) in [7, 11) is 0. The third-order valence-electron chi connectivity index (χ3n) is 4.74. The summed E-state index contributed by atoms with van der Waals surface area (Å²) in [4.78, 5) is 0. The molecule has 0 aliphatic heterocycles. The molecule has 2 N–H and O–H groups in total. The molecule has 2 nitrogen and oxygen atoms in total. The minimum absolute atomic E-state index is 0.0305. The Balaban J connectivity index is 2.28. The minimum Gasteiger partial charge on any atom is -0.395 e. The molecule has 0 aromatic heterocycles. The highest BCUT2D eigenvalue weighted by Crippen LogP contribution is 2.47. The topological polar surface area (TPSA) is 32.3 Å². The first-order valence-electron chi connectivity index (χ1n) is 7.37. The average molecular weight is 334 g/mol. The Kier molecular flexibility index (Phi) is 5.53. The number of benzene rings is 1. The summed E-state index contributed by atoms with van der Waals surface area (Å²) >= 11 is 12.1. The molecule has 0 saturated heterocycles. The van der Waals surface area contributed by atoms with E-state index in [4.69, 9.17) is 23.2 Å². The molecule has 1 aliphatic rings. The molecule has 0 heterocycles. The van der Waals surface area contributed by atoms with Gasteiger partial charge in [-0.15, -0.1) is 0 Å². The summed E-state index contributed by atoms with van der Waals surface area (Å²) in [5.41, 5.74) is 0.875. The molecule has 2 rings (SSSR count). The van der Waals surface area contributed by atoms with Crippen molar-refractivity contribution in [2.45, 2.75) is 56.8 Å². The van der Waals surface area contributed by atoms with E-state index in [-0.39, 0.29) is 24.1 Å². The quantitative estimate of drug-likeness (QED) is 0.820. The molecule has 1 aromatic rings. The third kappa shape index (κ3) is 3.37. The van der Waals surface area contributed by atoms with Crippen LogP contribution in [-0.4, -0.2) is 30.0 Å². The van der Waals surface area contributed by atoms with Gasteiger partial charge < -0.3 is 10.4 Å². The molecular weight excluding hydrogens is 312 g/mol. The van der Waals surface area contributed by atoms with Crippen molar-refractivity contribution in [1.82, 2.24) is 5.32 Å². The Bertz CT molecular complexity index is 491. The number of alkyl halides is 1. The van der Waals surface area contributed by atoms with Gasteiger partial charge in [-0.05, 0) is 44.4 Å². The van der Waals surface area contributed by atoms with E-state index in [1.54, 1.807) is 13.0 Å². The molecular formula is C16H22Cl2FNO. The van der Waals surface area contributed by atoms with Crippen LogP contribution in [0.1, 0.15) is 38.7 Å². The van der Waals surface area contributed by atoms with Crippen LogP contribution in [0.25, 0.3) is 0 Å². The molecule has 118 valence electrons. The first-order chi connectivity index (χ1) is 9.90. The van der Waals surface area contributed by atoms with Gasteiger partial charge in [0.1, 0.15) is 6.17 Å². The second-order valence-corrected chi connectivity index (χ2v) is 6.82. The number of halogens is 3. The molecule has 1 fully saturated rings. The van der Waals surface area contributed by atoms with E-state index in [1.807, 2.05) is 12.1 Å². The lowest BCUT2D eigenvalue weighted by Crippen LogP contribution is -2.58. The second kappa shape index (κ2) is 6.82. The Morgan fingerprint density at radius 3 is 2.38 bits per heavy atom. The first-order valence-corrected chi connectivity index (χ1v) is 8.13. The van der Waals surface area contributed by atoms with Gasteiger partial charge in [0.25, 0.3) is 0 Å². The fourth-order valence-electron chi connectivity index (χ4n) is 3.04. The number of hydrogen-bond donors (Lipinski definition) is 2. The molecule has 5 heteroatoms. The molecule has 0 amide bonds. The van der Waals surface area contributed by atoms with E-state index in [1.165, 1.54) is 6.92 Å². The monoisotopic (exact) mass is 333 g/mol. The van der Waals surface area contributed by atoms with Crippen molar-refractivity contribution in [1.29, 1.82) is 0 Å². The number of aliphatic hydroxyl groups is 1. The van der Waals surface area contributed by atoms with Crippen LogP contribution in [0.2, 0.25) is 10.0 Å². The van der Waals surface area contributed by atoms with Gasteiger partial charge in [-0.2, -0.15) is 0 Å². The highest BCUT2D eigenvalue weighted by atomic mass is 35.5. The van der Waals surface area contributed by atoms with Crippen LogP contribution in [0.4, 0.5) is 4.39 Å². The fraction of sp³-hybridized carbons (Fsp3) is 0.625. The predicted molar refractivity (Wildman–Crippen MR) is 86.0 cm³/mol. The van der Waals surface area contributed by atoms with Gasteiger partial charge in [0.15, 0.2) is 0 Å². The van der Waals surface area contributed by atoms with Crippen molar-refractivity contribution < 1.29 is 9.50 Å². The van der Waals surface area contributed by atoms with Crippen LogP contribution < -0.4 is 5.32 Å². The number of rotatable bonds is 6. The van der Waals surface area contributed by atoms with Crippen LogP contribution >= 0.6 is 23.2 Å². The van der Waals surface area contributed by atoms with Crippen LogP contribution in [0, 0.1) is 0 Å². The normalized spacial score (nSPS) is 21.4. The molecule has 0 bridgehead atoms. The number of hydrogen-bond acceptors (Lipinski definition) is 2. The van der Waals surface area contributed by atoms with Gasteiger partial charge in [-0.1, -0.05) is 35.7 Å². The molecule has 21 heavy (non-hydrogen) atoms. The van der Waals surface area contributed by atoms with Crippen molar-refractivity contribution in [2.75, 3.05) is 6.61 Å². The van der Waals surface area contributed by atoms with Gasteiger partial charge in [-0.25, -0.2) is 4.39 Å². The SMILES string of the molecule is CC(F)C(C)NC(CO)C1(c2ccc(Cl)c(Cl)c2)CCC1. The molecule has 0 spiro atoms. The van der Waals surface area contributed by atoms with Crippen molar-refractivity contribution >= 4 is 23.2 Å². The third-order valence-corrected chi connectivity index (χ3v) is 5.48. The Morgan fingerprint density at radius 1 is 1.29 bits per heavy atom. The van der Waals surface area contributed by atoms with Crippen molar-refractivity contribution in [2.24, 2.45) is 0 Å².